The number of hydrogen-bond acceptors (Lipinski definition) is 5. The molecule has 2 aromatic heterocycles. The minimum atomic E-state index is -0.526. The molecule has 2 saturated carbocycles. The fourth-order valence-corrected chi connectivity index (χ4v) is 3.61. The standard InChI is InChI=1S/C15H18N4OS/c1-9(20)12-3-2-8-16-14(12)21-15-18-17-13(10-4-5-10)19(15)11-6-7-11/h2-3,8-11,20H,4-7H2,1H3/t9-/m0/s1. The maximum absolute atomic E-state index is 9.88. The highest BCUT2D eigenvalue weighted by molar-refractivity contribution is 7.99. The fraction of sp³-hybridized carbons (Fsp3) is 0.533. The monoisotopic (exact) mass is 302 g/mol. The van der Waals surface area contributed by atoms with E-state index in [1.807, 2.05) is 12.1 Å². The van der Waals surface area contributed by atoms with Crippen molar-refractivity contribution >= 4 is 11.8 Å². The van der Waals surface area contributed by atoms with E-state index in [1.165, 1.54) is 37.4 Å². The van der Waals surface area contributed by atoms with Crippen molar-refractivity contribution in [2.45, 2.75) is 60.9 Å². The van der Waals surface area contributed by atoms with E-state index in [1.54, 1.807) is 13.1 Å². The third-order valence-corrected chi connectivity index (χ3v) is 4.98. The van der Waals surface area contributed by atoms with E-state index >= 15 is 0 Å². The minimum absolute atomic E-state index is 0.526. The first-order chi connectivity index (χ1) is 10.2. The van der Waals surface area contributed by atoms with E-state index in [4.69, 9.17) is 0 Å². The Morgan fingerprint density at radius 3 is 2.76 bits per heavy atom. The van der Waals surface area contributed by atoms with Crippen LogP contribution in [-0.4, -0.2) is 24.9 Å². The Labute approximate surface area is 127 Å². The van der Waals surface area contributed by atoms with Crippen molar-refractivity contribution < 1.29 is 5.11 Å². The minimum Gasteiger partial charge on any atom is -0.389 e. The van der Waals surface area contributed by atoms with Gasteiger partial charge in [0.15, 0.2) is 5.16 Å². The summed E-state index contributed by atoms with van der Waals surface area (Å²) in [5, 5.41) is 20.4. The van der Waals surface area contributed by atoms with Crippen LogP contribution >= 0.6 is 11.8 Å². The summed E-state index contributed by atoms with van der Waals surface area (Å²) < 4.78 is 2.31. The molecule has 4 rings (SSSR count). The molecular formula is C15H18N4OS. The van der Waals surface area contributed by atoms with Crippen LogP contribution in [0.15, 0.2) is 28.5 Å². The molecule has 0 radical (unpaired) electrons. The van der Waals surface area contributed by atoms with E-state index in [-0.39, 0.29) is 0 Å². The highest BCUT2D eigenvalue weighted by atomic mass is 32.2. The molecule has 5 nitrogen and oxygen atoms in total. The molecule has 2 aromatic rings. The number of rotatable bonds is 5. The van der Waals surface area contributed by atoms with Gasteiger partial charge in [-0.25, -0.2) is 4.98 Å². The molecule has 0 amide bonds. The number of aliphatic hydroxyl groups is 1. The molecule has 2 heterocycles. The van der Waals surface area contributed by atoms with E-state index in [0.717, 1.165) is 21.6 Å². The van der Waals surface area contributed by atoms with Gasteiger partial charge in [-0.3, -0.25) is 0 Å². The zero-order chi connectivity index (χ0) is 14.4. The molecule has 0 saturated heterocycles. The SMILES string of the molecule is C[C@H](O)c1cccnc1Sc1nnc(C2CC2)n1C1CC1. The van der Waals surface area contributed by atoms with Crippen LogP contribution in [0, 0.1) is 0 Å². The van der Waals surface area contributed by atoms with Crippen LogP contribution in [-0.2, 0) is 0 Å². The van der Waals surface area contributed by atoms with Gasteiger partial charge in [-0.2, -0.15) is 0 Å². The van der Waals surface area contributed by atoms with Gasteiger partial charge in [-0.05, 0) is 50.4 Å². The summed E-state index contributed by atoms with van der Waals surface area (Å²) in [6, 6.07) is 4.34. The van der Waals surface area contributed by atoms with Crippen molar-refractivity contribution in [3.63, 3.8) is 0 Å². The van der Waals surface area contributed by atoms with Gasteiger partial charge in [0.2, 0.25) is 0 Å². The van der Waals surface area contributed by atoms with Gasteiger partial charge < -0.3 is 9.67 Å². The number of aromatic nitrogens is 4. The van der Waals surface area contributed by atoms with Gasteiger partial charge in [0.05, 0.1) is 6.10 Å². The molecule has 6 heteroatoms. The molecule has 0 bridgehead atoms. The van der Waals surface area contributed by atoms with Crippen LogP contribution in [0.5, 0.6) is 0 Å². The quantitative estimate of drug-likeness (QED) is 0.919. The van der Waals surface area contributed by atoms with Crippen molar-refractivity contribution in [1.82, 2.24) is 19.7 Å². The Hall–Kier alpha value is -1.40. The lowest BCUT2D eigenvalue weighted by atomic mass is 10.2. The van der Waals surface area contributed by atoms with Crippen molar-refractivity contribution in [1.29, 1.82) is 0 Å². The highest BCUT2D eigenvalue weighted by Gasteiger charge is 2.36. The lowest BCUT2D eigenvalue weighted by Crippen LogP contribution is -2.03. The molecule has 1 atom stereocenters. The third kappa shape index (κ3) is 2.58. The second-order valence-corrected chi connectivity index (χ2v) is 6.85. The first kappa shape index (κ1) is 13.3. The molecule has 0 unspecified atom stereocenters. The fourth-order valence-electron chi connectivity index (χ4n) is 2.55. The van der Waals surface area contributed by atoms with E-state index < -0.39 is 6.10 Å². The van der Waals surface area contributed by atoms with Gasteiger partial charge in [0, 0.05) is 23.7 Å². The molecule has 2 aliphatic carbocycles. The Balaban J connectivity index is 1.68. The van der Waals surface area contributed by atoms with E-state index in [9.17, 15) is 5.11 Å². The maximum Gasteiger partial charge on any atom is 0.197 e. The molecule has 0 spiro atoms. The first-order valence-corrected chi connectivity index (χ1v) is 8.31. The predicted molar refractivity (Wildman–Crippen MR) is 79.3 cm³/mol. The smallest absolute Gasteiger partial charge is 0.197 e. The van der Waals surface area contributed by atoms with Crippen molar-refractivity contribution in [3.05, 3.63) is 29.7 Å². The number of aliphatic hydroxyl groups excluding tert-OH is 1. The van der Waals surface area contributed by atoms with Crippen LogP contribution in [0.3, 0.4) is 0 Å². The zero-order valence-electron chi connectivity index (χ0n) is 11.9. The summed E-state index contributed by atoms with van der Waals surface area (Å²) in [5.74, 6) is 1.75. The predicted octanol–water partition coefficient (Wildman–Crippen LogP) is 3.09. The van der Waals surface area contributed by atoms with Gasteiger partial charge in [-0.15, -0.1) is 10.2 Å². The molecule has 1 N–H and O–H groups in total. The molecule has 110 valence electrons. The van der Waals surface area contributed by atoms with Crippen LogP contribution in [0.25, 0.3) is 0 Å². The summed E-state index contributed by atoms with van der Waals surface area (Å²) in [6.45, 7) is 1.77. The second-order valence-electron chi connectivity index (χ2n) is 5.89. The molecule has 2 aliphatic rings. The van der Waals surface area contributed by atoms with Crippen LogP contribution in [0.1, 0.15) is 62.1 Å². The van der Waals surface area contributed by atoms with E-state index in [0.29, 0.717) is 12.0 Å². The van der Waals surface area contributed by atoms with Gasteiger partial charge in [0.25, 0.3) is 0 Å². The summed E-state index contributed by atoms with van der Waals surface area (Å²) >= 11 is 1.52. The van der Waals surface area contributed by atoms with Crippen molar-refractivity contribution in [2.75, 3.05) is 0 Å². The molecule has 2 fully saturated rings. The van der Waals surface area contributed by atoms with Crippen molar-refractivity contribution in [2.24, 2.45) is 0 Å². The Bertz CT molecular complexity index is 661. The molecule has 0 aliphatic heterocycles. The summed E-state index contributed by atoms with van der Waals surface area (Å²) in [4.78, 5) is 4.41. The summed E-state index contributed by atoms with van der Waals surface area (Å²) in [6.07, 6.45) is 6.14. The van der Waals surface area contributed by atoms with E-state index in [2.05, 4.69) is 19.7 Å². The largest absolute Gasteiger partial charge is 0.389 e. The normalized spacial score (nSPS) is 19.7. The first-order valence-electron chi connectivity index (χ1n) is 7.49. The Morgan fingerprint density at radius 1 is 1.29 bits per heavy atom. The number of hydrogen-bond donors (Lipinski definition) is 1. The van der Waals surface area contributed by atoms with Crippen LogP contribution in [0.4, 0.5) is 0 Å². The maximum atomic E-state index is 9.88. The molecule has 0 aromatic carbocycles. The zero-order valence-corrected chi connectivity index (χ0v) is 12.8. The third-order valence-electron chi connectivity index (χ3n) is 3.98. The van der Waals surface area contributed by atoms with Gasteiger partial charge in [0.1, 0.15) is 10.9 Å². The average Bonchev–Trinajstić information content (AvgIpc) is 3.39. The highest BCUT2D eigenvalue weighted by Crippen LogP contribution is 2.46. The topological polar surface area (TPSA) is 63.8 Å². The molecule has 21 heavy (non-hydrogen) atoms. The summed E-state index contributed by atoms with van der Waals surface area (Å²) in [5.41, 5.74) is 0.848. The number of nitrogens with zero attached hydrogens (tertiary/aromatic N) is 4. The van der Waals surface area contributed by atoms with Gasteiger partial charge >= 0.3 is 0 Å². The summed E-state index contributed by atoms with van der Waals surface area (Å²) in [7, 11) is 0. The number of pyridine rings is 1. The second kappa shape index (κ2) is 5.10. The average molecular weight is 302 g/mol. The lowest BCUT2D eigenvalue weighted by molar-refractivity contribution is 0.195. The van der Waals surface area contributed by atoms with Crippen LogP contribution in [0.2, 0.25) is 0 Å². The van der Waals surface area contributed by atoms with Crippen LogP contribution < -0.4 is 0 Å². The Morgan fingerprint density at radius 2 is 2.10 bits per heavy atom. The lowest BCUT2D eigenvalue weighted by Gasteiger charge is -2.11. The van der Waals surface area contributed by atoms with Gasteiger partial charge in [-0.1, -0.05) is 6.07 Å². The molecular weight excluding hydrogens is 284 g/mol. The Kier molecular flexibility index (Phi) is 3.23. The van der Waals surface area contributed by atoms with Crippen molar-refractivity contribution in [3.8, 4) is 0 Å².